The minimum Gasteiger partial charge on any atom is -0.452 e. The Morgan fingerprint density at radius 2 is 1.92 bits per heavy atom. The van der Waals surface area contributed by atoms with E-state index < -0.39 is 11.9 Å². The smallest absolute Gasteiger partial charge is 0.331 e. The van der Waals surface area contributed by atoms with E-state index in [1.807, 2.05) is 18.2 Å². The summed E-state index contributed by atoms with van der Waals surface area (Å²) in [7, 11) is 0. The van der Waals surface area contributed by atoms with Crippen LogP contribution in [0.1, 0.15) is 11.5 Å². The van der Waals surface area contributed by atoms with Crippen LogP contribution in [-0.4, -0.2) is 23.5 Å². The number of hydrogen-bond donors (Lipinski definition) is 1. The number of oxazole rings is 1. The van der Waals surface area contributed by atoms with Crippen LogP contribution < -0.4 is 5.32 Å². The molecule has 26 heavy (non-hydrogen) atoms. The van der Waals surface area contributed by atoms with Gasteiger partial charge >= 0.3 is 5.97 Å². The van der Waals surface area contributed by atoms with Gasteiger partial charge in [-0.05, 0) is 23.8 Å². The molecule has 2 aromatic carbocycles. The number of benzene rings is 2. The molecule has 6 nitrogen and oxygen atoms in total. The van der Waals surface area contributed by atoms with E-state index in [4.69, 9.17) is 20.8 Å². The van der Waals surface area contributed by atoms with E-state index in [2.05, 4.69) is 10.3 Å². The van der Waals surface area contributed by atoms with Crippen LogP contribution in [0.2, 0.25) is 5.02 Å². The molecular formula is C19H15ClN2O4. The Balaban J connectivity index is 1.46. The standard InChI is InChI=1S/C19H15ClN2O4/c20-14-6-2-1-5-13(14)11-21-17(23)12-25-19(24)10-9-18-22-15-7-3-4-8-16(15)26-18/h1-10H,11-12H2,(H,21,23)/b10-9+. The molecule has 132 valence electrons. The van der Waals surface area contributed by atoms with E-state index >= 15 is 0 Å². The lowest BCUT2D eigenvalue weighted by Crippen LogP contribution is -2.28. The van der Waals surface area contributed by atoms with Crippen LogP contribution in [0.3, 0.4) is 0 Å². The van der Waals surface area contributed by atoms with E-state index in [0.29, 0.717) is 16.1 Å². The average Bonchev–Trinajstić information content (AvgIpc) is 3.07. The van der Waals surface area contributed by atoms with Gasteiger partial charge in [-0.2, -0.15) is 0 Å². The summed E-state index contributed by atoms with van der Waals surface area (Å²) in [5, 5.41) is 3.19. The highest BCUT2D eigenvalue weighted by Crippen LogP contribution is 2.15. The van der Waals surface area contributed by atoms with Gasteiger partial charge in [-0.15, -0.1) is 0 Å². The molecule has 1 heterocycles. The largest absolute Gasteiger partial charge is 0.452 e. The van der Waals surface area contributed by atoms with Crippen molar-refractivity contribution in [3.63, 3.8) is 0 Å². The van der Waals surface area contributed by atoms with E-state index in [0.717, 1.165) is 11.6 Å². The Hall–Kier alpha value is -3.12. The van der Waals surface area contributed by atoms with Gasteiger partial charge < -0.3 is 14.5 Å². The maximum absolute atomic E-state index is 11.7. The highest BCUT2D eigenvalue weighted by molar-refractivity contribution is 6.31. The van der Waals surface area contributed by atoms with Crippen molar-refractivity contribution in [2.24, 2.45) is 0 Å². The molecule has 0 unspecified atom stereocenters. The van der Waals surface area contributed by atoms with E-state index in [1.165, 1.54) is 6.08 Å². The van der Waals surface area contributed by atoms with Crippen LogP contribution in [0.4, 0.5) is 0 Å². The first kappa shape index (κ1) is 17.7. The summed E-state index contributed by atoms with van der Waals surface area (Å²) in [6, 6.07) is 14.4. The lowest BCUT2D eigenvalue weighted by Gasteiger charge is -2.06. The second-order valence-electron chi connectivity index (χ2n) is 5.33. The number of ether oxygens (including phenoxy) is 1. The molecule has 0 fully saturated rings. The quantitative estimate of drug-likeness (QED) is 0.531. The fraction of sp³-hybridized carbons (Fsp3) is 0.105. The monoisotopic (exact) mass is 370 g/mol. The third-order valence-corrected chi connectivity index (χ3v) is 3.82. The molecule has 0 atom stereocenters. The molecular weight excluding hydrogens is 356 g/mol. The maximum Gasteiger partial charge on any atom is 0.331 e. The number of fused-ring (bicyclic) bond motifs is 1. The number of carbonyl (C=O) groups excluding carboxylic acids is 2. The Labute approximate surface area is 154 Å². The molecule has 1 amide bonds. The minimum atomic E-state index is -0.667. The predicted octanol–water partition coefficient (Wildman–Crippen LogP) is 3.35. The van der Waals surface area contributed by atoms with Crippen LogP contribution in [0, 0.1) is 0 Å². The van der Waals surface area contributed by atoms with Crippen molar-refractivity contribution in [3.05, 3.63) is 71.1 Å². The number of rotatable bonds is 6. The number of nitrogens with one attached hydrogen (secondary N) is 1. The summed E-state index contributed by atoms with van der Waals surface area (Å²) < 4.78 is 10.3. The van der Waals surface area contributed by atoms with Crippen LogP contribution in [0.25, 0.3) is 17.2 Å². The summed E-state index contributed by atoms with van der Waals surface area (Å²) in [6.07, 6.45) is 2.55. The van der Waals surface area contributed by atoms with Crippen molar-refractivity contribution in [1.82, 2.24) is 10.3 Å². The SMILES string of the molecule is O=C(COC(=O)/C=C/c1nc2ccccc2o1)NCc1ccccc1Cl. The zero-order valence-electron chi connectivity index (χ0n) is 13.6. The molecule has 1 aromatic heterocycles. The zero-order valence-corrected chi connectivity index (χ0v) is 14.4. The van der Waals surface area contributed by atoms with Gasteiger partial charge in [0.25, 0.3) is 5.91 Å². The summed E-state index contributed by atoms with van der Waals surface area (Å²) in [5.74, 6) is -0.806. The van der Waals surface area contributed by atoms with Crippen molar-refractivity contribution < 1.29 is 18.7 Å². The Morgan fingerprint density at radius 1 is 1.15 bits per heavy atom. The summed E-state index contributed by atoms with van der Waals surface area (Å²) in [6.45, 7) is -0.129. The third-order valence-electron chi connectivity index (χ3n) is 3.45. The van der Waals surface area contributed by atoms with Gasteiger partial charge in [0, 0.05) is 23.7 Å². The number of aromatic nitrogens is 1. The average molecular weight is 371 g/mol. The summed E-state index contributed by atoms with van der Waals surface area (Å²) in [5.41, 5.74) is 2.10. The number of nitrogens with zero attached hydrogens (tertiary/aromatic N) is 1. The topological polar surface area (TPSA) is 81.4 Å². The Morgan fingerprint density at radius 3 is 2.73 bits per heavy atom. The van der Waals surface area contributed by atoms with Crippen molar-refractivity contribution in [2.45, 2.75) is 6.54 Å². The number of halogens is 1. The number of para-hydroxylation sites is 2. The van der Waals surface area contributed by atoms with Crippen LogP contribution in [-0.2, 0) is 20.9 Å². The van der Waals surface area contributed by atoms with Gasteiger partial charge in [0.1, 0.15) is 5.52 Å². The van der Waals surface area contributed by atoms with Crippen molar-refractivity contribution >= 4 is 40.7 Å². The molecule has 0 aliphatic heterocycles. The van der Waals surface area contributed by atoms with Crippen LogP contribution in [0.5, 0.6) is 0 Å². The molecule has 0 aliphatic rings. The fourth-order valence-electron chi connectivity index (χ4n) is 2.17. The third kappa shape index (κ3) is 4.70. The van der Waals surface area contributed by atoms with Gasteiger partial charge in [-0.1, -0.05) is 41.9 Å². The molecule has 0 spiro atoms. The van der Waals surface area contributed by atoms with Gasteiger partial charge in [0.15, 0.2) is 12.2 Å². The van der Waals surface area contributed by atoms with Crippen molar-refractivity contribution in [1.29, 1.82) is 0 Å². The van der Waals surface area contributed by atoms with Gasteiger partial charge in [0.2, 0.25) is 5.89 Å². The molecule has 0 aliphatic carbocycles. The van der Waals surface area contributed by atoms with E-state index in [9.17, 15) is 9.59 Å². The normalized spacial score (nSPS) is 11.0. The van der Waals surface area contributed by atoms with E-state index in [1.54, 1.807) is 30.3 Å². The molecule has 3 aromatic rings. The fourth-order valence-corrected chi connectivity index (χ4v) is 2.37. The van der Waals surface area contributed by atoms with Gasteiger partial charge in [-0.25, -0.2) is 9.78 Å². The van der Waals surface area contributed by atoms with Crippen molar-refractivity contribution in [3.8, 4) is 0 Å². The number of carbonyl (C=O) groups is 2. The van der Waals surface area contributed by atoms with Crippen molar-refractivity contribution in [2.75, 3.05) is 6.61 Å². The molecule has 0 saturated heterocycles. The number of amides is 1. The zero-order chi connectivity index (χ0) is 18.4. The molecule has 7 heteroatoms. The first-order chi connectivity index (χ1) is 12.6. The second-order valence-corrected chi connectivity index (χ2v) is 5.74. The molecule has 0 radical (unpaired) electrons. The highest BCUT2D eigenvalue weighted by Gasteiger charge is 2.07. The molecule has 1 N–H and O–H groups in total. The Bertz CT molecular complexity index is 932. The summed E-state index contributed by atoms with van der Waals surface area (Å²) >= 11 is 6.00. The number of hydrogen-bond acceptors (Lipinski definition) is 5. The predicted molar refractivity (Wildman–Crippen MR) is 97.3 cm³/mol. The molecule has 0 bridgehead atoms. The van der Waals surface area contributed by atoms with Gasteiger partial charge in [-0.3, -0.25) is 4.79 Å². The van der Waals surface area contributed by atoms with E-state index in [-0.39, 0.29) is 19.0 Å². The first-order valence-electron chi connectivity index (χ1n) is 7.82. The minimum absolute atomic E-state index is 0.259. The summed E-state index contributed by atoms with van der Waals surface area (Å²) in [4.78, 5) is 27.6. The molecule has 3 rings (SSSR count). The highest BCUT2D eigenvalue weighted by atomic mass is 35.5. The lowest BCUT2D eigenvalue weighted by molar-refractivity contribution is -0.143. The Kier molecular flexibility index (Phi) is 5.66. The maximum atomic E-state index is 11.7. The van der Waals surface area contributed by atoms with Crippen LogP contribution >= 0.6 is 11.6 Å². The van der Waals surface area contributed by atoms with Gasteiger partial charge in [0.05, 0.1) is 0 Å². The molecule has 0 saturated carbocycles. The van der Waals surface area contributed by atoms with Crippen LogP contribution in [0.15, 0.2) is 59.0 Å². The second kappa shape index (κ2) is 8.31. The number of esters is 1. The lowest BCUT2D eigenvalue weighted by atomic mass is 10.2. The first-order valence-corrected chi connectivity index (χ1v) is 8.20.